The Morgan fingerprint density at radius 1 is 1.15 bits per heavy atom. The van der Waals surface area contributed by atoms with Gasteiger partial charge in [0.15, 0.2) is 0 Å². The van der Waals surface area contributed by atoms with Gasteiger partial charge in [0.2, 0.25) is 0 Å². The Balaban J connectivity index is 0.00000147. The van der Waals surface area contributed by atoms with Crippen LogP contribution in [0.2, 0.25) is 0 Å². The summed E-state index contributed by atoms with van der Waals surface area (Å²) in [6.45, 7) is 12.3. The number of ether oxygens (including phenoxy) is 1. The molecule has 0 spiro atoms. The van der Waals surface area contributed by atoms with Gasteiger partial charge in [-0.05, 0) is 36.0 Å². The van der Waals surface area contributed by atoms with Crippen molar-refractivity contribution < 1.29 is 33.2 Å². The fourth-order valence-electron chi connectivity index (χ4n) is 5.12. The lowest BCUT2D eigenvalue weighted by Gasteiger charge is -2.39. The number of hydrogen-bond donors (Lipinski definition) is 0. The molecule has 20 heavy (non-hydrogen) atoms. The van der Waals surface area contributed by atoms with E-state index in [1.165, 1.54) is 56.2 Å². The molecule has 3 heteroatoms. The van der Waals surface area contributed by atoms with Gasteiger partial charge in [-0.1, -0.05) is 20.8 Å². The number of nitrogens with zero attached hydrogens (tertiary/aromatic N) is 1. The van der Waals surface area contributed by atoms with Crippen molar-refractivity contribution in [1.82, 2.24) is 0 Å². The standard InChI is InChI=1S/C17H32NO.HI/c1-16(2)14-7-8-17(16,3)15(13-14)19-12-11-18(4)9-5-6-10-18;/h14-15H,5-13H2,1-4H3;1H/q+1;/p-1. The second-order valence-corrected chi connectivity index (χ2v) is 8.47. The van der Waals surface area contributed by atoms with Gasteiger partial charge in [-0.2, -0.15) is 0 Å². The van der Waals surface area contributed by atoms with E-state index in [0.717, 1.165) is 12.5 Å². The van der Waals surface area contributed by atoms with Crippen molar-refractivity contribution in [3.63, 3.8) is 0 Å². The van der Waals surface area contributed by atoms with Crippen LogP contribution in [-0.4, -0.2) is 43.9 Å². The first-order valence-electron chi connectivity index (χ1n) is 8.33. The lowest BCUT2D eigenvalue weighted by atomic mass is 9.70. The molecule has 2 aliphatic carbocycles. The van der Waals surface area contributed by atoms with Gasteiger partial charge in [0.25, 0.3) is 0 Å². The highest BCUT2D eigenvalue weighted by atomic mass is 127. The SMILES string of the molecule is CC1(C)C2CCC1(C)C(OCC[N+]1(C)CCCC1)C2.[I-]. The van der Waals surface area contributed by atoms with E-state index < -0.39 is 0 Å². The van der Waals surface area contributed by atoms with E-state index in [1.807, 2.05) is 0 Å². The molecule has 3 rings (SSSR count). The van der Waals surface area contributed by atoms with E-state index in [-0.39, 0.29) is 24.0 Å². The molecule has 0 aromatic heterocycles. The molecule has 118 valence electrons. The van der Waals surface area contributed by atoms with Crippen molar-refractivity contribution in [2.45, 2.75) is 59.0 Å². The first kappa shape index (κ1) is 17.0. The quantitative estimate of drug-likeness (QED) is 0.498. The minimum Gasteiger partial charge on any atom is -1.00 e. The molecule has 1 aliphatic heterocycles. The highest BCUT2D eigenvalue weighted by Crippen LogP contribution is 2.66. The molecule has 0 amide bonds. The lowest BCUT2D eigenvalue weighted by Crippen LogP contribution is -3.00. The Labute approximate surface area is 142 Å². The molecule has 3 aliphatic rings. The molecule has 1 saturated heterocycles. The summed E-state index contributed by atoms with van der Waals surface area (Å²) in [4.78, 5) is 0. The van der Waals surface area contributed by atoms with Crippen molar-refractivity contribution in [3.05, 3.63) is 0 Å². The molecule has 3 fully saturated rings. The van der Waals surface area contributed by atoms with Crippen LogP contribution >= 0.6 is 0 Å². The molecule has 2 saturated carbocycles. The summed E-state index contributed by atoms with van der Waals surface area (Å²) in [6, 6.07) is 0. The van der Waals surface area contributed by atoms with Gasteiger partial charge < -0.3 is 33.2 Å². The Morgan fingerprint density at radius 3 is 2.30 bits per heavy atom. The molecule has 0 radical (unpaired) electrons. The minimum atomic E-state index is 0. The Bertz CT molecular complexity index is 351. The summed E-state index contributed by atoms with van der Waals surface area (Å²) >= 11 is 0. The van der Waals surface area contributed by atoms with E-state index in [0.29, 0.717) is 16.9 Å². The smallest absolute Gasteiger partial charge is 0.102 e. The normalized spacial score (nSPS) is 40.8. The van der Waals surface area contributed by atoms with Crippen LogP contribution in [0.4, 0.5) is 0 Å². The maximum atomic E-state index is 6.39. The second-order valence-electron chi connectivity index (χ2n) is 8.47. The third kappa shape index (κ3) is 2.56. The molecule has 2 nitrogen and oxygen atoms in total. The Kier molecular flexibility index (Phi) is 4.84. The molecular weight excluding hydrogens is 361 g/mol. The van der Waals surface area contributed by atoms with Gasteiger partial charge in [-0.25, -0.2) is 0 Å². The van der Waals surface area contributed by atoms with E-state index in [9.17, 15) is 0 Å². The third-order valence-corrected chi connectivity index (χ3v) is 7.31. The fraction of sp³-hybridized carbons (Fsp3) is 1.00. The summed E-state index contributed by atoms with van der Waals surface area (Å²) in [5.74, 6) is 0.902. The molecule has 3 atom stereocenters. The topological polar surface area (TPSA) is 9.23 Å². The molecule has 0 aromatic rings. The minimum absolute atomic E-state index is 0. The van der Waals surface area contributed by atoms with Gasteiger partial charge in [0, 0.05) is 12.8 Å². The van der Waals surface area contributed by atoms with Crippen molar-refractivity contribution in [2.75, 3.05) is 33.3 Å². The number of hydrogen-bond acceptors (Lipinski definition) is 1. The monoisotopic (exact) mass is 393 g/mol. The van der Waals surface area contributed by atoms with Crippen LogP contribution in [-0.2, 0) is 4.74 Å². The Hall–Kier alpha value is 0.650. The van der Waals surface area contributed by atoms with Gasteiger partial charge in [0.05, 0.1) is 32.8 Å². The van der Waals surface area contributed by atoms with Crippen molar-refractivity contribution >= 4 is 0 Å². The molecule has 0 aromatic carbocycles. The summed E-state index contributed by atoms with van der Waals surface area (Å²) in [5, 5.41) is 0. The van der Waals surface area contributed by atoms with Gasteiger partial charge in [0.1, 0.15) is 6.54 Å². The predicted molar refractivity (Wildman–Crippen MR) is 79.0 cm³/mol. The van der Waals surface area contributed by atoms with Crippen LogP contribution in [0.1, 0.15) is 52.9 Å². The van der Waals surface area contributed by atoms with Crippen LogP contribution < -0.4 is 24.0 Å². The van der Waals surface area contributed by atoms with Gasteiger partial charge in [-0.3, -0.25) is 0 Å². The van der Waals surface area contributed by atoms with Crippen LogP contribution in [0.25, 0.3) is 0 Å². The van der Waals surface area contributed by atoms with Crippen molar-refractivity contribution in [3.8, 4) is 0 Å². The molecular formula is C17H32INO. The van der Waals surface area contributed by atoms with Crippen LogP contribution in [0, 0.1) is 16.7 Å². The van der Waals surface area contributed by atoms with Crippen LogP contribution in [0.5, 0.6) is 0 Å². The lowest BCUT2D eigenvalue weighted by molar-refractivity contribution is -0.898. The second kappa shape index (κ2) is 5.69. The first-order chi connectivity index (χ1) is 8.87. The average molecular weight is 393 g/mol. The number of halogens is 1. The zero-order chi connectivity index (χ0) is 13.7. The highest BCUT2D eigenvalue weighted by Gasteiger charge is 2.61. The zero-order valence-electron chi connectivity index (χ0n) is 13.8. The number of likely N-dealkylation sites (tertiary alicyclic amines) is 1. The molecule has 0 N–H and O–H groups in total. The maximum Gasteiger partial charge on any atom is 0.102 e. The van der Waals surface area contributed by atoms with E-state index in [2.05, 4.69) is 27.8 Å². The number of fused-ring (bicyclic) bond motifs is 2. The first-order valence-corrected chi connectivity index (χ1v) is 8.33. The van der Waals surface area contributed by atoms with Gasteiger partial charge >= 0.3 is 0 Å². The maximum absolute atomic E-state index is 6.39. The zero-order valence-corrected chi connectivity index (χ0v) is 15.9. The molecule has 1 heterocycles. The Morgan fingerprint density at radius 2 is 1.80 bits per heavy atom. The van der Waals surface area contributed by atoms with Crippen LogP contribution in [0.15, 0.2) is 0 Å². The summed E-state index contributed by atoms with van der Waals surface area (Å²) < 4.78 is 7.63. The summed E-state index contributed by atoms with van der Waals surface area (Å²) in [6.07, 6.45) is 7.46. The highest BCUT2D eigenvalue weighted by molar-refractivity contribution is 5.11. The molecule has 2 bridgehead atoms. The van der Waals surface area contributed by atoms with Crippen LogP contribution in [0.3, 0.4) is 0 Å². The number of likely N-dealkylation sites (N-methyl/N-ethyl adjacent to an activating group) is 1. The van der Waals surface area contributed by atoms with E-state index in [1.54, 1.807) is 0 Å². The number of rotatable bonds is 4. The largest absolute Gasteiger partial charge is 1.00 e. The fourth-order valence-corrected chi connectivity index (χ4v) is 5.12. The summed E-state index contributed by atoms with van der Waals surface area (Å²) in [5.41, 5.74) is 0.922. The van der Waals surface area contributed by atoms with Gasteiger partial charge in [-0.15, -0.1) is 0 Å². The van der Waals surface area contributed by atoms with Crippen molar-refractivity contribution in [2.24, 2.45) is 16.7 Å². The predicted octanol–water partition coefficient (Wildman–Crippen LogP) is 0.462. The average Bonchev–Trinajstić information content (AvgIpc) is 2.91. The van der Waals surface area contributed by atoms with E-state index >= 15 is 0 Å². The number of quaternary nitrogens is 1. The third-order valence-electron chi connectivity index (χ3n) is 7.31. The van der Waals surface area contributed by atoms with E-state index in [4.69, 9.17) is 4.74 Å². The van der Waals surface area contributed by atoms with Crippen molar-refractivity contribution in [1.29, 1.82) is 0 Å². The molecule has 3 unspecified atom stereocenters. The summed E-state index contributed by atoms with van der Waals surface area (Å²) in [7, 11) is 2.41.